The fourth-order valence-corrected chi connectivity index (χ4v) is 9.05. The third kappa shape index (κ3) is 7.48. The Hall–Kier alpha value is -8.46. The minimum absolute atomic E-state index is 1.09. The second-order valence-electron chi connectivity index (χ2n) is 16.1. The van der Waals surface area contributed by atoms with Gasteiger partial charge in [0.1, 0.15) is 0 Å². The van der Waals surface area contributed by atoms with Crippen molar-refractivity contribution in [3.05, 3.63) is 267 Å². The van der Waals surface area contributed by atoms with Crippen molar-refractivity contribution in [2.45, 2.75) is 0 Å². The summed E-state index contributed by atoms with van der Waals surface area (Å²) in [6.45, 7) is 0. The zero-order valence-corrected chi connectivity index (χ0v) is 35.3. The van der Waals surface area contributed by atoms with E-state index in [1.165, 1.54) is 66.7 Å². The van der Waals surface area contributed by atoms with Gasteiger partial charge in [-0.15, -0.1) is 0 Å². The first kappa shape index (κ1) is 38.5. The first-order valence-electron chi connectivity index (χ1n) is 21.9. The van der Waals surface area contributed by atoms with Gasteiger partial charge < -0.3 is 9.47 Å². The number of aromatic nitrogens is 1. The number of hydrogen-bond donors (Lipinski definition) is 0. The van der Waals surface area contributed by atoms with E-state index in [9.17, 15) is 0 Å². The third-order valence-electron chi connectivity index (χ3n) is 12.3. The van der Waals surface area contributed by atoms with Gasteiger partial charge in [-0.2, -0.15) is 0 Å². The van der Waals surface area contributed by atoms with E-state index in [1.54, 1.807) is 0 Å². The summed E-state index contributed by atoms with van der Waals surface area (Å²) in [6.07, 6.45) is 0. The fourth-order valence-electron chi connectivity index (χ4n) is 9.05. The molecule has 0 radical (unpaired) electrons. The normalized spacial score (nSPS) is 11.1. The molecular formula is C62H44N2. The van der Waals surface area contributed by atoms with Crippen LogP contribution in [-0.2, 0) is 0 Å². The van der Waals surface area contributed by atoms with Crippen LogP contribution >= 0.6 is 0 Å². The molecule has 0 atom stereocenters. The minimum Gasteiger partial charge on any atom is -0.311 e. The topological polar surface area (TPSA) is 8.17 Å². The Kier molecular flexibility index (Phi) is 10.3. The lowest BCUT2D eigenvalue weighted by Crippen LogP contribution is -2.09. The molecule has 0 aliphatic rings. The van der Waals surface area contributed by atoms with Crippen LogP contribution in [0.25, 0.3) is 83.5 Å². The second kappa shape index (κ2) is 17.1. The number of anilines is 3. The standard InChI is InChI=1S/C62H44N2/c1-5-15-45(16-6-1)47-25-27-48(28-26-47)50-31-39-56(40-32-50)63(55-37-29-49(30-38-55)46-17-7-2-8-18-46)57-41-33-51(34-42-57)52-35-43-58(44-36-52)64-60-24-14-13-23-59(60)61(53-19-9-3-10-20-53)62(64)54-21-11-4-12-22-54/h1-44H. The van der Waals surface area contributed by atoms with Gasteiger partial charge in [-0.3, -0.25) is 0 Å². The molecule has 0 aliphatic heterocycles. The lowest BCUT2D eigenvalue weighted by molar-refractivity contribution is 1.14. The molecule has 2 heteroatoms. The summed E-state index contributed by atoms with van der Waals surface area (Å²) in [6, 6.07) is 96.0. The predicted molar refractivity (Wildman–Crippen MR) is 271 cm³/mol. The van der Waals surface area contributed by atoms with E-state index in [-0.39, 0.29) is 0 Å². The Balaban J connectivity index is 0.930. The van der Waals surface area contributed by atoms with Crippen LogP contribution in [0.15, 0.2) is 267 Å². The third-order valence-corrected chi connectivity index (χ3v) is 12.3. The first-order valence-corrected chi connectivity index (χ1v) is 21.9. The van der Waals surface area contributed by atoms with Gasteiger partial charge in [0.2, 0.25) is 0 Å². The summed E-state index contributed by atoms with van der Waals surface area (Å²) in [5.74, 6) is 0. The molecule has 0 amide bonds. The van der Waals surface area contributed by atoms with E-state index < -0.39 is 0 Å². The van der Waals surface area contributed by atoms with Crippen LogP contribution < -0.4 is 4.90 Å². The van der Waals surface area contributed by atoms with E-state index in [4.69, 9.17) is 0 Å². The predicted octanol–water partition coefficient (Wildman–Crippen LogP) is 17.1. The fraction of sp³-hybridized carbons (Fsp3) is 0. The van der Waals surface area contributed by atoms with Crippen molar-refractivity contribution in [3.8, 4) is 72.6 Å². The molecule has 0 aliphatic carbocycles. The maximum atomic E-state index is 2.42. The Morgan fingerprint density at radius 2 is 0.531 bits per heavy atom. The van der Waals surface area contributed by atoms with Gasteiger partial charge in [0, 0.05) is 33.7 Å². The second-order valence-corrected chi connectivity index (χ2v) is 16.1. The summed E-state index contributed by atoms with van der Waals surface area (Å²) in [5, 5.41) is 1.23. The highest BCUT2D eigenvalue weighted by Gasteiger charge is 2.21. The zero-order chi connectivity index (χ0) is 42.7. The van der Waals surface area contributed by atoms with Crippen molar-refractivity contribution < 1.29 is 0 Å². The van der Waals surface area contributed by atoms with Crippen molar-refractivity contribution in [2.75, 3.05) is 4.90 Å². The van der Waals surface area contributed by atoms with Crippen LogP contribution in [0, 0.1) is 0 Å². The molecule has 0 saturated carbocycles. The Morgan fingerprint density at radius 1 is 0.234 bits per heavy atom. The van der Waals surface area contributed by atoms with E-state index in [0.717, 1.165) is 33.9 Å². The zero-order valence-electron chi connectivity index (χ0n) is 35.3. The van der Waals surface area contributed by atoms with Crippen molar-refractivity contribution in [3.63, 3.8) is 0 Å². The average Bonchev–Trinajstić information content (AvgIpc) is 3.74. The quantitative estimate of drug-likeness (QED) is 0.133. The maximum Gasteiger partial charge on any atom is 0.0619 e. The van der Waals surface area contributed by atoms with Gasteiger partial charge in [0.25, 0.3) is 0 Å². The molecule has 11 aromatic rings. The minimum atomic E-state index is 1.09. The van der Waals surface area contributed by atoms with E-state index in [0.29, 0.717) is 0 Å². The Morgan fingerprint density at radius 3 is 0.938 bits per heavy atom. The lowest BCUT2D eigenvalue weighted by Gasteiger charge is -2.26. The van der Waals surface area contributed by atoms with Gasteiger partial charge in [-0.25, -0.2) is 0 Å². The molecule has 302 valence electrons. The molecule has 1 heterocycles. The number of rotatable bonds is 10. The van der Waals surface area contributed by atoms with Crippen LogP contribution in [0.1, 0.15) is 0 Å². The summed E-state index contributed by atoms with van der Waals surface area (Å²) in [5.41, 5.74) is 20.0. The first-order chi connectivity index (χ1) is 31.7. The molecule has 0 bridgehead atoms. The highest BCUT2D eigenvalue weighted by Crippen LogP contribution is 2.43. The van der Waals surface area contributed by atoms with Gasteiger partial charge in [-0.1, -0.05) is 212 Å². The summed E-state index contributed by atoms with van der Waals surface area (Å²) < 4.78 is 2.42. The molecule has 10 aromatic carbocycles. The molecule has 0 N–H and O–H groups in total. The van der Waals surface area contributed by atoms with Gasteiger partial charge in [-0.05, 0) is 110 Å². The average molecular weight is 817 g/mol. The number of fused-ring (bicyclic) bond motifs is 1. The van der Waals surface area contributed by atoms with E-state index in [2.05, 4.69) is 276 Å². The molecule has 1 aromatic heterocycles. The highest BCUT2D eigenvalue weighted by atomic mass is 15.1. The lowest BCUT2D eigenvalue weighted by atomic mass is 9.98. The van der Waals surface area contributed by atoms with Crippen molar-refractivity contribution in [1.29, 1.82) is 0 Å². The van der Waals surface area contributed by atoms with Gasteiger partial charge in [0.15, 0.2) is 0 Å². The van der Waals surface area contributed by atoms with Crippen LogP contribution in [0.3, 0.4) is 0 Å². The van der Waals surface area contributed by atoms with Crippen LogP contribution in [0.5, 0.6) is 0 Å². The van der Waals surface area contributed by atoms with Crippen molar-refractivity contribution >= 4 is 28.0 Å². The van der Waals surface area contributed by atoms with Gasteiger partial charge >= 0.3 is 0 Å². The van der Waals surface area contributed by atoms with Crippen LogP contribution in [0.2, 0.25) is 0 Å². The summed E-state index contributed by atoms with van der Waals surface area (Å²) >= 11 is 0. The molecule has 0 saturated heterocycles. The molecular weight excluding hydrogens is 773 g/mol. The SMILES string of the molecule is c1ccc(-c2ccc(-c3ccc(N(c4ccc(-c5ccccc5)cc4)c4ccc(-c5ccc(-n6c(-c7ccccc7)c(-c7ccccc7)c7ccccc76)cc5)cc4)cc3)cc2)cc1. The monoisotopic (exact) mass is 816 g/mol. The smallest absolute Gasteiger partial charge is 0.0619 e. The molecule has 64 heavy (non-hydrogen) atoms. The number of para-hydroxylation sites is 1. The van der Waals surface area contributed by atoms with Crippen LogP contribution in [-0.4, -0.2) is 4.57 Å². The Labute approximate surface area is 375 Å². The summed E-state index contributed by atoms with van der Waals surface area (Å²) in [4.78, 5) is 2.34. The maximum absolute atomic E-state index is 2.42. The van der Waals surface area contributed by atoms with Gasteiger partial charge in [0.05, 0.1) is 11.2 Å². The molecule has 0 unspecified atom stereocenters. The summed E-state index contributed by atoms with van der Waals surface area (Å²) in [7, 11) is 0. The Bertz CT molecular complexity index is 3280. The molecule has 0 spiro atoms. The molecule has 11 rings (SSSR count). The van der Waals surface area contributed by atoms with Crippen molar-refractivity contribution in [1.82, 2.24) is 4.57 Å². The number of nitrogens with zero attached hydrogens (tertiary/aromatic N) is 2. The largest absolute Gasteiger partial charge is 0.311 e. The number of benzene rings is 10. The van der Waals surface area contributed by atoms with E-state index >= 15 is 0 Å². The highest BCUT2D eigenvalue weighted by molar-refractivity contribution is 6.05. The molecule has 2 nitrogen and oxygen atoms in total. The van der Waals surface area contributed by atoms with E-state index in [1.807, 2.05) is 0 Å². The molecule has 0 fully saturated rings. The van der Waals surface area contributed by atoms with Crippen LogP contribution in [0.4, 0.5) is 17.1 Å². The number of hydrogen-bond acceptors (Lipinski definition) is 1. The van der Waals surface area contributed by atoms with Crippen molar-refractivity contribution in [2.24, 2.45) is 0 Å².